The molecule has 0 heterocycles. The van der Waals surface area contributed by atoms with Gasteiger partial charge in [0.25, 0.3) is 0 Å². The molecule has 0 fully saturated rings. The number of ether oxygens (including phenoxy) is 1. The Morgan fingerprint density at radius 2 is 2.06 bits per heavy atom. The monoisotopic (exact) mass is 236 g/mol. The summed E-state index contributed by atoms with van der Waals surface area (Å²) in [7, 11) is 1.72. The van der Waals surface area contributed by atoms with E-state index in [0.717, 1.165) is 18.8 Å². The topological polar surface area (TPSA) is 38.5 Å². The van der Waals surface area contributed by atoms with E-state index >= 15 is 0 Å². The minimum absolute atomic E-state index is 0.490. The molecule has 96 valence electrons. The lowest BCUT2D eigenvalue weighted by Crippen LogP contribution is -2.34. The van der Waals surface area contributed by atoms with Crippen LogP contribution in [-0.2, 0) is 6.54 Å². The molecule has 0 amide bonds. The Labute approximate surface area is 105 Å². The number of benzene rings is 1. The predicted octanol–water partition coefficient (Wildman–Crippen LogP) is 2.17. The van der Waals surface area contributed by atoms with Crippen LogP contribution in [0.5, 0.6) is 5.75 Å². The lowest BCUT2D eigenvalue weighted by Gasteiger charge is -2.26. The average molecular weight is 236 g/mol. The van der Waals surface area contributed by atoms with Crippen LogP contribution in [0.2, 0.25) is 0 Å². The molecule has 0 aliphatic heterocycles. The molecule has 17 heavy (non-hydrogen) atoms. The van der Waals surface area contributed by atoms with Gasteiger partial charge in [0.05, 0.1) is 7.11 Å². The SMILES string of the molecule is COc1ccc(C)cc1CN(CCN)C(C)C. The fourth-order valence-electron chi connectivity index (χ4n) is 1.94. The molecule has 0 aromatic heterocycles. The Kier molecular flexibility index (Phi) is 5.45. The molecule has 0 aliphatic carbocycles. The largest absolute Gasteiger partial charge is 0.496 e. The van der Waals surface area contributed by atoms with Gasteiger partial charge in [0.1, 0.15) is 5.75 Å². The highest BCUT2D eigenvalue weighted by molar-refractivity contribution is 5.36. The first-order chi connectivity index (χ1) is 8.08. The molecule has 0 saturated carbocycles. The zero-order valence-corrected chi connectivity index (χ0v) is 11.4. The molecule has 2 N–H and O–H groups in total. The zero-order valence-electron chi connectivity index (χ0n) is 11.4. The van der Waals surface area contributed by atoms with E-state index in [2.05, 4.69) is 37.8 Å². The summed E-state index contributed by atoms with van der Waals surface area (Å²) in [5.74, 6) is 0.957. The molecule has 0 saturated heterocycles. The van der Waals surface area contributed by atoms with Gasteiger partial charge in [-0.1, -0.05) is 17.7 Å². The van der Waals surface area contributed by atoms with E-state index in [4.69, 9.17) is 10.5 Å². The van der Waals surface area contributed by atoms with Gasteiger partial charge < -0.3 is 10.5 Å². The average Bonchev–Trinajstić information content (AvgIpc) is 2.28. The third-order valence-electron chi connectivity index (χ3n) is 2.96. The molecule has 0 spiro atoms. The molecule has 0 aliphatic rings. The molecule has 0 unspecified atom stereocenters. The van der Waals surface area contributed by atoms with Crippen LogP contribution in [0, 0.1) is 6.92 Å². The van der Waals surface area contributed by atoms with E-state index in [1.807, 2.05) is 6.07 Å². The second-order valence-corrected chi connectivity index (χ2v) is 4.67. The number of rotatable bonds is 6. The zero-order chi connectivity index (χ0) is 12.8. The van der Waals surface area contributed by atoms with Crippen LogP contribution in [0.4, 0.5) is 0 Å². The van der Waals surface area contributed by atoms with Gasteiger partial charge in [-0.05, 0) is 26.8 Å². The lowest BCUT2D eigenvalue weighted by molar-refractivity contribution is 0.216. The van der Waals surface area contributed by atoms with Crippen molar-refractivity contribution >= 4 is 0 Å². The van der Waals surface area contributed by atoms with Gasteiger partial charge in [0.15, 0.2) is 0 Å². The van der Waals surface area contributed by atoms with E-state index in [9.17, 15) is 0 Å². The van der Waals surface area contributed by atoms with Crippen molar-refractivity contribution in [3.05, 3.63) is 29.3 Å². The highest BCUT2D eigenvalue weighted by atomic mass is 16.5. The first-order valence-electron chi connectivity index (χ1n) is 6.16. The van der Waals surface area contributed by atoms with Crippen molar-refractivity contribution in [3.63, 3.8) is 0 Å². The van der Waals surface area contributed by atoms with Crippen molar-refractivity contribution in [3.8, 4) is 5.75 Å². The molecular formula is C14H24N2O. The fraction of sp³-hybridized carbons (Fsp3) is 0.571. The van der Waals surface area contributed by atoms with Gasteiger partial charge in [-0.3, -0.25) is 4.90 Å². The van der Waals surface area contributed by atoms with Gasteiger partial charge in [0.2, 0.25) is 0 Å². The summed E-state index contributed by atoms with van der Waals surface area (Å²) >= 11 is 0. The molecule has 1 rings (SSSR count). The molecule has 0 bridgehead atoms. The van der Waals surface area contributed by atoms with Crippen LogP contribution in [0.1, 0.15) is 25.0 Å². The standard InChI is InChI=1S/C14H24N2O/c1-11(2)16(8-7-15)10-13-9-12(3)5-6-14(13)17-4/h5-6,9,11H,7-8,10,15H2,1-4H3. The van der Waals surface area contributed by atoms with Crippen molar-refractivity contribution in [2.24, 2.45) is 5.73 Å². The van der Waals surface area contributed by atoms with Crippen LogP contribution in [0.3, 0.4) is 0 Å². The maximum Gasteiger partial charge on any atom is 0.123 e. The van der Waals surface area contributed by atoms with Crippen LogP contribution < -0.4 is 10.5 Å². The third-order valence-corrected chi connectivity index (χ3v) is 2.96. The molecule has 0 atom stereocenters. The Balaban J connectivity index is 2.87. The normalized spacial score (nSPS) is 11.2. The summed E-state index contributed by atoms with van der Waals surface area (Å²) in [6.45, 7) is 8.97. The molecule has 1 aromatic carbocycles. The highest BCUT2D eigenvalue weighted by Gasteiger charge is 2.12. The molecule has 0 radical (unpaired) electrons. The Bertz CT molecular complexity index is 350. The number of nitrogens with zero attached hydrogens (tertiary/aromatic N) is 1. The molecular weight excluding hydrogens is 212 g/mol. The highest BCUT2D eigenvalue weighted by Crippen LogP contribution is 2.22. The first kappa shape index (κ1) is 14.0. The molecule has 3 nitrogen and oxygen atoms in total. The van der Waals surface area contributed by atoms with Gasteiger partial charge in [0, 0.05) is 31.2 Å². The predicted molar refractivity (Wildman–Crippen MR) is 72.3 cm³/mol. The van der Waals surface area contributed by atoms with Crippen molar-refractivity contribution in [1.82, 2.24) is 4.90 Å². The van der Waals surface area contributed by atoms with Crippen LogP contribution >= 0.6 is 0 Å². The van der Waals surface area contributed by atoms with Crippen LogP contribution in [0.25, 0.3) is 0 Å². The molecule has 1 aromatic rings. The smallest absolute Gasteiger partial charge is 0.123 e. The number of hydrogen-bond donors (Lipinski definition) is 1. The van der Waals surface area contributed by atoms with Crippen molar-refractivity contribution < 1.29 is 4.74 Å². The van der Waals surface area contributed by atoms with Crippen molar-refractivity contribution in [2.45, 2.75) is 33.4 Å². The van der Waals surface area contributed by atoms with Crippen molar-refractivity contribution in [2.75, 3.05) is 20.2 Å². The van der Waals surface area contributed by atoms with Gasteiger partial charge >= 0.3 is 0 Å². The Morgan fingerprint density at radius 3 is 2.59 bits per heavy atom. The van der Waals surface area contributed by atoms with Crippen molar-refractivity contribution in [1.29, 1.82) is 0 Å². The van der Waals surface area contributed by atoms with Gasteiger partial charge in [-0.2, -0.15) is 0 Å². The van der Waals surface area contributed by atoms with E-state index in [1.165, 1.54) is 11.1 Å². The quantitative estimate of drug-likeness (QED) is 0.822. The second-order valence-electron chi connectivity index (χ2n) is 4.67. The van der Waals surface area contributed by atoms with E-state index in [-0.39, 0.29) is 0 Å². The summed E-state index contributed by atoms with van der Waals surface area (Å²) in [4.78, 5) is 2.36. The van der Waals surface area contributed by atoms with Crippen LogP contribution in [0.15, 0.2) is 18.2 Å². The minimum Gasteiger partial charge on any atom is -0.496 e. The Hall–Kier alpha value is -1.06. The fourth-order valence-corrected chi connectivity index (χ4v) is 1.94. The number of methoxy groups -OCH3 is 1. The third kappa shape index (κ3) is 4.02. The van der Waals surface area contributed by atoms with Crippen LogP contribution in [-0.4, -0.2) is 31.1 Å². The summed E-state index contributed by atoms with van der Waals surface area (Å²) in [6, 6.07) is 6.78. The number of hydrogen-bond acceptors (Lipinski definition) is 3. The second kappa shape index (κ2) is 6.62. The number of nitrogens with two attached hydrogens (primary N) is 1. The Morgan fingerprint density at radius 1 is 1.35 bits per heavy atom. The van der Waals surface area contributed by atoms with E-state index in [1.54, 1.807) is 7.11 Å². The minimum atomic E-state index is 0.490. The number of aryl methyl sites for hydroxylation is 1. The van der Waals surface area contributed by atoms with Gasteiger partial charge in [-0.25, -0.2) is 0 Å². The first-order valence-corrected chi connectivity index (χ1v) is 6.16. The maximum atomic E-state index is 5.65. The van der Waals surface area contributed by atoms with E-state index < -0.39 is 0 Å². The van der Waals surface area contributed by atoms with E-state index in [0.29, 0.717) is 12.6 Å². The summed E-state index contributed by atoms with van der Waals surface area (Å²) in [5, 5.41) is 0. The maximum absolute atomic E-state index is 5.65. The summed E-state index contributed by atoms with van der Waals surface area (Å²) in [5.41, 5.74) is 8.14. The molecule has 3 heteroatoms. The summed E-state index contributed by atoms with van der Waals surface area (Å²) < 4.78 is 5.40. The van der Waals surface area contributed by atoms with Gasteiger partial charge in [-0.15, -0.1) is 0 Å². The summed E-state index contributed by atoms with van der Waals surface area (Å²) in [6.07, 6.45) is 0. The lowest BCUT2D eigenvalue weighted by atomic mass is 10.1.